The molecule has 8 heteroatoms. The van der Waals surface area contributed by atoms with Crippen LogP contribution < -0.4 is 0 Å². The van der Waals surface area contributed by atoms with Crippen LogP contribution in [0.5, 0.6) is 0 Å². The molecule has 1 aliphatic heterocycles. The van der Waals surface area contributed by atoms with E-state index in [1.807, 2.05) is 49.1 Å². The number of aromatic nitrogens is 2. The number of nitrogens with zero attached hydrogens (tertiary/aromatic N) is 4. The van der Waals surface area contributed by atoms with Crippen LogP contribution in [-0.2, 0) is 22.4 Å². The Kier molecular flexibility index (Phi) is 8.14. The standard InChI is InChI=1S/C25H32N4O4/c1-5-10-20-22(25(32)33-6-2)23(27-18(4)26-20)24(31)28-13-14-29(17(3)16-28)21(30)15-19-11-8-7-9-12-19/h7-9,11-12,17H,5-6,10,13-16H2,1-4H3. The molecule has 0 spiro atoms. The third-order valence-corrected chi connectivity index (χ3v) is 5.70. The molecule has 0 saturated carbocycles. The Morgan fingerprint density at radius 3 is 2.45 bits per heavy atom. The minimum atomic E-state index is -0.575. The number of aryl methyl sites for hydroxylation is 2. The third kappa shape index (κ3) is 5.74. The van der Waals surface area contributed by atoms with Gasteiger partial charge in [0.2, 0.25) is 5.91 Å². The van der Waals surface area contributed by atoms with Crippen molar-refractivity contribution in [3.63, 3.8) is 0 Å². The summed E-state index contributed by atoms with van der Waals surface area (Å²) in [6, 6.07) is 9.48. The molecule has 2 aromatic rings. The SMILES string of the molecule is CCCc1nc(C)nc(C(=O)N2CCN(C(=O)Cc3ccccc3)C(C)C2)c1C(=O)OCC. The molecule has 1 fully saturated rings. The van der Waals surface area contributed by atoms with Crippen molar-refractivity contribution >= 4 is 17.8 Å². The highest BCUT2D eigenvalue weighted by atomic mass is 16.5. The molecule has 1 aromatic carbocycles. The maximum atomic E-state index is 13.5. The molecule has 1 aliphatic rings. The minimum Gasteiger partial charge on any atom is -0.462 e. The van der Waals surface area contributed by atoms with Crippen LogP contribution in [0.4, 0.5) is 0 Å². The maximum absolute atomic E-state index is 13.5. The summed E-state index contributed by atoms with van der Waals surface area (Å²) in [6.07, 6.45) is 1.66. The molecule has 176 valence electrons. The Hall–Kier alpha value is -3.29. The first-order chi connectivity index (χ1) is 15.8. The van der Waals surface area contributed by atoms with Gasteiger partial charge in [0.1, 0.15) is 17.1 Å². The number of rotatable bonds is 7. The molecule has 1 unspecified atom stereocenters. The predicted molar refractivity (Wildman–Crippen MR) is 124 cm³/mol. The van der Waals surface area contributed by atoms with Gasteiger partial charge in [0.15, 0.2) is 0 Å². The van der Waals surface area contributed by atoms with E-state index >= 15 is 0 Å². The first-order valence-corrected chi connectivity index (χ1v) is 11.5. The fourth-order valence-electron chi connectivity index (χ4n) is 4.16. The second-order valence-electron chi connectivity index (χ2n) is 8.26. The summed E-state index contributed by atoms with van der Waals surface area (Å²) < 4.78 is 5.22. The van der Waals surface area contributed by atoms with E-state index in [1.165, 1.54) is 0 Å². The first kappa shape index (κ1) is 24.4. The molecule has 1 aromatic heterocycles. The van der Waals surface area contributed by atoms with Crippen LogP contribution in [0.2, 0.25) is 0 Å². The second kappa shape index (κ2) is 11.0. The van der Waals surface area contributed by atoms with Crippen molar-refractivity contribution < 1.29 is 19.1 Å². The number of ether oxygens (including phenoxy) is 1. The molecular formula is C25H32N4O4. The zero-order valence-electron chi connectivity index (χ0n) is 19.8. The van der Waals surface area contributed by atoms with Gasteiger partial charge in [0, 0.05) is 25.7 Å². The van der Waals surface area contributed by atoms with Gasteiger partial charge in [-0.1, -0.05) is 43.7 Å². The van der Waals surface area contributed by atoms with E-state index in [4.69, 9.17) is 4.74 Å². The van der Waals surface area contributed by atoms with Crippen LogP contribution in [0.1, 0.15) is 65.1 Å². The number of carbonyl (C=O) groups is 3. The quantitative estimate of drug-likeness (QED) is 0.600. The van der Waals surface area contributed by atoms with Crippen LogP contribution >= 0.6 is 0 Å². The number of carbonyl (C=O) groups excluding carboxylic acids is 3. The summed E-state index contributed by atoms with van der Waals surface area (Å²) in [7, 11) is 0. The Morgan fingerprint density at radius 1 is 1.09 bits per heavy atom. The highest BCUT2D eigenvalue weighted by Crippen LogP contribution is 2.20. The monoisotopic (exact) mass is 452 g/mol. The highest BCUT2D eigenvalue weighted by molar-refractivity contribution is 6.04. The van der Waals surface area contributed by atoms with Crippen molar-refractivity contribution in [1.29, 1.82) is 0 Å². The van der Waals surface area contributed by atoms with E-state index in [0.717, 1.165) is 12.0 Å². The lowest BCUT2D eigenvalue weighted by atomic mass is 10.0. The van der Waals surface area contributed by atoms with Gasteiger partial charge in [0.05, 0.1) is 18.7 Å². The molecule has 33 heavy (non-hydrogen) atoms. The lowest BCUT2D eigenvalue weighted by molar-refractivity contribution is -0.134. The van der Waals surface area contributed by atoms with E-state index in [0.29, 0.717) is 44.0 Å². The van der Waals surface area contributed by atoms with E-state index in [-0.39, 0.29) is 35.7 Å². The minimum absolute atomic E-state index is 0.0381. The van der Waals surface area contributed by atoms with Gasteiger partial charge in [-0.2, -0.15) is 0 Å². The van der Waals surface area contributed by atoms with E-state index < -0.39 is 5.97 Å². The first-order valence-electron chi connectivity index (χ1n) is 11.5. The Bertz CT molecular complexity index is 1010. The summed E-state index contributed by atoms with van der Waals surface area (Å²) in [6.45, 7) is 8.73. The number of amides is 2. The molecule has 1 saturated heterocycles. The van der Waals surface area contributed by atoms with Crippen molar-refractivity contribution in [2.75, 3.05) is 26.2 Å². The molecule has 8 nitrogen and oxygen atoms in total. The maximum Gasteiger partial charge on any atom is 0.342 e. The van der Waals surface area contributed by atoms with Gasteiger partial charge in [-0.3, -0.25) is 9.59 Å². The number of benzene rings is 1. The summed E-state index contributed by atoms with van der Waals surface area (Å²) in [4.78, 5) is 51.3. The zero-order valence-corrected chi connectivity index (χ0v) is 19.8. The Balaban J connectivity index is 1.79. The molecule has 1 atom stereocenters. The summed E-state index contributed by atoms with van der Waals surface area (Å²) in [5.74, 6) is -0.423. The van der Waals surface area contributed by atoms with Crippen LogP contribution in [0.3, 0.4) is 0 Å². The van der Waals surface area contributed by atoms with Crippen LogP contribution in [-0.4, -0.2) is 69.8 Å². The van der Waals surface area contributed by atoms with Crippen LogP contribution in [0, 0.1) is 6.92 Å². The van der Waals surface area contributed by atoms with Crippen molar-refractivity contribution in [2.24, 2.45) is 0 Å². The van der Waals surface area contributed by atoms with Crippen molar-refractivity contribution in [1.82, 2.24) is 19.8 Å². The average molecular weight is 453 g/mol. The van der Waals surface area contributed by atoms with Gasteiger partial charge < -0.3 is 14.5 Å². The molecule has 3 rings (SSSR count). The zero-order chi connectivity index (χ0) is 24.0. The topological polar surface area (TPSA) is 92.7 Å². The summed E-state index contributed by atoms with van der Waals surface area (Å²) in [5.41, 5.74) is 1.74. The van der Waals surface area contributed by atoms with Gasteiger partial charge >= 0.3 is 5.97 Å². The Morgan fingerprint density at radius 2 is 1.82 bits per heavy atom. The molecule has 2 heterocycles. The lowest BCUT2D eigenvalue weighted by Crippen LogP contribution is -2.56. The summed E-state index contributed by atoms with van der Waals surface area (Å²) >= 11 is 0. The smallest absolute Gasteiger partial charge is 0.342 e. The summed E-state index contributed by atoms with van der Waals surface area (Å²) in [5, 5.41) is 0. The second-order valence-corrected chi connectivity index (χ2v) is 8.26. The fourth-order valence-corrected chi connectivity index (χ4v) is 4.16. The van der Waals surface area contributed by atoms with E-state index in [9.17, 15) is 14.4 Å². The van der Waals surface area contributed by atoms with Crippen LogP contribution in [0.15, 0.2) is 30.3 Å². The fraction of sp³-hybridized carbons (Fsp3) is 0.480. The molecule has 2 amide bonds. The lowest BCUT2D eigenvalue weighted by Gasteiger charge is -2.40. The van der Waals surface area contributed by atoms with Gasteiger partial charge in [-0.25, -0.2) is 14.8 Å². The van der Waals surface area contributed by atoms with Gasteiger partial charge in [-0.15, -0.1) is 0 Å². The van der Waals surface area contributed by atoms with E-state index in [1.54, 1.807) is 18.7 Å². The van der Waals surface area contributed by atoms with Crippen molar-refractivity contribution in [3.05, 3.63) is 58.7 Å². The predicted octanol–water partition coefficient (Wildman–Crippen LogP) is 2.83. The van der Waals surface area contributed by atoms with Crippen LogP contribution in [0.25, 0.3) is 0 Å². The molecule has 0 N–H and O–H groups in total. The van der Waals surface area contributed by atoms with Gasteiger partial charge in [0.25, 0.3) is 5.91 Å². The number of esters is 1. The average Bonchev–Trinajstić information content (AvgIpc) is 2.79. The van der Waals surface area contributed by atoms with Gasteiger partial charge in [-0.05, 0) is 32.8 Å². The molecule has 0 radical (unpaired) electrons. The van der Waals surface area contributed by atoms with E-state index in [2.05, 4.69) is 9.97 Å². The Labute approximate surface area is 195 Å². The number of piperazine rings is 1. The molecular weight excluding hydrogens is 420 g/mol. The normalized spacial score (nSPS) is 15.9. The highest BCUT2D eigenvalue weighted by Gasteiger charge is 2.34. The van der Waals surface area contributed by atoms with Crippen molar-refractivity contribution in [3.8, 4) is 0 Å². The van der Waals surface area contributed by atoms with Crippen molar-refractivity contribution in [2.45, 2.75) is 53.0 Å². The third-order valence-electron chi connectivity index (χ3n) is 5.70. The molecule has 0 bridgehead atoms. The molecule has 0 aliphatic carbocycles. The largest absolute Gasteiger partial charge is 0.462 e. The number of hydrogen-bond acceptors (Lipinski definition) is 6. The number of hydrogen-bond donors (Lipinski definition) is 0.